The van der Waals surface area contributed by atoms with E-state index in [9.17, 15) is 4.79 Å². The number of nitrogens with one attached hydrogen (secondary N) is 1. The zero-order chi connectivity index (χ0) is 12.4. The van der Waals surface area contributed by atoms with Crippen LogP contribution in [0.15, 0.2) is 18.5 Å². The maximum absolute atomic E-state index is 12.3. The fraction of sp³-hybridized carbons (Fsp3) is 0.692. The number of carbonyl (C=O) groups excluding carboxylic acids is 1. The highest BCUT2D eigenvalue weighted by atomic mass is 35.5. The van der Waals surface area contributed by atoms with Crippen LogP contribution in [-0.2, 0) is 4.79 Å². The summed E-state index contributed by atoms with van der Waals surface area (Å²) in [6.07, 6.45) is 8.09. The first kappa shape index (κ1) is 17.3. The molecule has 1 aromatic rings. The van der Waals surface area contributed by atoms with Crippen LogP contribution in [0.25, 0.3) is 0 Å². The van der Waals surface area contributed by atoms with Gasteiger partial charge in [-0.1, -0.05) is 0 Å². The van der Waals surface area contributed by atoms with E-state index < -0.39 is 0 Å². The van der Waals surface area contributed by atoms with E-state index in [0.29, 0.717) is 6.04 Å². The Hall–Kier alpha value is -0.780. The van der Waals surface area contributed by atoms with Crippen LogP contribution in [0.4, 0.5) is 0 Å². The van der Waals surface area contributed by atoms with E-state index in [1.807, 2.05) is 21.8 Å². The number of likely N-dealkylation sites (tertiary alicyclic amines) is 1. The molecule has 0 saturated carbocycles. The smallest absolute Gasteiger partial charge is 0.239 e. The third-order valence-electron chi connectivity index (χ3n) is 3.97. The molecule has 3 heterocycles. The van der Waals surface area contributed by atoms with Crippen LogP contribution in [0.2, 0.25) is 0 Å². The van der Waals surface area contributed by atoms with Crippen LogP contribution in [0, 0.1) is 0 Å². The largest absolute Gasteiger partial charge is 0.339 e. The Morgan fingerprint density at radius 1 is 1.25 bits per heavy atom. The lowest BCUT2D eigenvalue weighted by Gasteiger charge is -2.34. The highest BCUT2D eigenvalue weighted by Crippen LogP contribution is 2.22. The molecule has 2 aliphatic heterocycles. The summed E-state index contributed by atoms with van der Waals surface area (Å²) in [6, 6.07) is 2.35. The molecular weight excluding hydrogens is 299 g/mol. The van der Waals surface area contributed by atoms with E-state index in [2.05, 4.69) is 10.4 Å². The summed E-state index contributed by atoms with van der Waals surface area (Å²) in [5, 5.41) is 7.58. The van der Waals surface area contributed by atoms with Crippen molar-refractivity contribution in [1.29, 1.82) is 0 Å². The molecule has 114 valence electrons. The number of hydrogen-bond acceptors (Lipinski definition) is 3. The van der Waals surface area contributed by atoms with Gasteiger partial charge in [0.05, 0.1) is 12.1 Å². The van der Waals surface area contributed by atoms with Gasteiger partial charge < -0.3 is 10.2 Å². The van der Waals surface area contributed by atoms with E-state index >= 15 is 0 Å². The molecular formula is C13H22Cl2N4O. The topological polar surface area (TPSA) is 50.2 Å². The highest BCUT2D eigenvalue weighted by molar-refractivity contribution is 5.85. The molecule has 0 spiro atoms. The molecule has 0 bridgehead atoms. The van der Waals surface area contributed by atoms with E-state index in [1.165, 1.54) is 0 Å². The quantitative estimate of drug-likeness (QED) is 0.901. The predicted octanol–water partition coefficient (Wildman–Crippen LogP) is 1.64. The number of carbonyl (C=O) groups is 1. The Morgan fingerprint density at radius 2 is 2.10 bits per heavy atom. The van der Waals surface area contributed by atoms with Crippen molar-refractivity contribution in [3.63, 3.8) is 0 Å². The van der Waals surface area contributed by atoms with Gasteiger partial charge in [-0.3, -0.25) is 9.48 Å². The minimum absolute atomic E-state index is 0. The number of amides is 1. The summed E-state index contributed by atoms with van der Waals surface area (Å²) in [6.45, 7) is 2.68. The summed E-state index contributed by atoms with van der Waals surface area (Å²) in [5.41, 5.74) is 0. The molecule has 2 unspecified atom stereocenters. The Labute approximate surface area is 131 Å². The Balaban J connectivity index is 0.000001000. The Morgan fingerprint density at radius 3 is 2.75 bits per heavy atom. The van der Waals surface area contributed by atoms with Crippen molar-refractivity contribution in [2.75, 3.05) is 19.6 Å². The van der Waals surface area contributed by atoms with E-state index in [4.69, 9.17) is 0 Å². The van der Waals surface area contributed by atoms with Gasteiger partial charge in [0.15, 0.2) is 0 Å². The fourth-order valence-electron chi connectivity index (χ4n) is 2.98. The van der Waals surface area contributed by atoms with E-state index in [0.717, 1.165) is 45.3 Å². The first-order valence-corrected chi connectivity index (χ1v) is 6.86. The zero-order valence-electron chi connectivity index (χ0n) is 11.4. The van der Waals surface area contributed by atoms with Crippen molar-refractivity contribution in [2.45, 2.75) is 37.8 Å². The average molecular weight is 321 g/mol. The van der Waals surface area contributed by atoms with Crippen LogP contribution in [0.1, 0.15) is 31.7 Å². The summed E-state index contributed by atoms with van der Waals surface area (Å²) in [5.74, 6) is 0.282. The third kappa shape index (κ3) is 3.65. The van der Waals surface area contributed by atoms with Gasteiger partial charge in [-0.2, -0.15) is 5.10 Å². The second kappa shape index (κ2) is 7.86. The molecule has 0 radical (unpaired) electrons. The monoisotopic (exact) mass is 320 g/mol. The fourth-order valence-corrected chi connectivity index (χ4v) is 2.98. The maximum atomic E-state index is 12.3. The number of piperidine rings is 1. The molecule has 20 heavy (non-hydrogen) atoms. The molecule has 1 N–H and O–H groups in total. The minimum atomic E-state index is 0. The highest BCUT2D eigenvalue weighted by Gasteiger charge is 2.30. The molecule has 2 atom stereocenters. The number of nitrogens with zero attached hydrogens (tertiary/aromatic N) is 3. The number of halogens is 2. The SMILES string of the molecule is Cl.Cl.O=C(C1CCCN1)N1CCCC(n2cccn2)C1. The van der Waals surface area contributed by atoms with Crippen molar-refractivity contribution < 1.29 is 4.79 Å². The summed E-state index contributed by atoms with van der Waals surface area (Å²) < 4.78 is 1.99. The van der Waals surface area contributed by atoms with Crippen molar-refractivity contribution >= 4 is 30.7 Å². The summed E-state index contributed by atoms with van der Waals surface area (Å²) >= 11 is 0. The zero-order valence-corrected chi connectivity index (χ0v) is 13.0. The van der Waals surface area contributed by atoms with Crippen molar-refractivity contribution in [1.82, 2.24) is 20.0 Å². The first-order valence-electron chi connectivity index (χ1n) is 6.86. The third-order valence-corrected chi connectivity index (χ3v) is 3.97. The lowest BCUT2D eigenvalue weighted by atomic mass is 10.0. The number of rotatable bonds is 2. The van der Waals surface area contributed by atoms with Gasteiger partial charge in [-0.15, -0.1) is 24.8 Å². The lowest BCUT2D eigenvalue weighted by Crippen LogP contribution is -2.48. The molecule has 2 saturated heterocycles. The van der Waals surface area contributed by atoms with Crippen molar-refractivity contribution in [3.8, 4) is 0 Å². The molecule has 2 fully saturated rings. The lowest BCUT2D eigenvalue weighted by molar-refractivity contribution is -0.134. The molecule has 0 aromatic carbocycles. The maximum Gasteiger partial charge on any atom is 0.239 e. The van der Waals surface area contributed by atoms with Gasteiger partial charge in [0.25, 0.3) is 0 Å². The normalized spacial score (nSPS) is 25.7. The molecule has 2 aliphatic rings. The number of aromatic nitrogens is 2. The molecule has 3 rings (SSSR count). The van der Waals surface area contributed by atoms with Crippen LogP contribution < -0.4 is 5.32 Å². The van der Waals surface area contributed by atoms with Crippen molar-refractivity contribution in [2.24, 2.45) is 0 Å². The van der Waals surface area contributed by atoms with Gasteiger partial charge in [0.2, 0.25) is 5.91 Å². The Bertz CT molecular complexity index is 407. The standard InChI is InChI=1S/C13H20N4O.2ClH/c18-13(12-5-1-6-14-12)16-8-2-4-11(10-16)17-9-3-7-15-17;;/h3,7,9,11-12,14H,1-2,4-6,8,10H2;2*1H. The van der Waals surface area contributed by atoms with Gasteiger partial charge in [-0.25, -0.2) is 0 Å². The average Bonchev–Trinajstić information content (AvgIpc) is 3.11. The summed E-state index contributed by atoms with van der Waals surface area (Å²) in [7, 11) is 0. The summed E-state index contributed by atoms with van der Waals surface area (Å²) in [4.78, 5) is 14.4. The van der Waals surface area contributed by atoms with Gasteiger partial charge >= 0.3 is 0 Å². The second-order valence-electron chi connectivity index (χ2n) is 5.22. The van der Waals surface area contributed by atoms with Crippen molar-refractivity contribution in [3.05, 3.63) is 18.5 Å². The van der Waals surface area contributed by atoms with Crippen LogP contribution in [-0.4, -0.2) is 46.3 Å². The molecule has 0 aliphatic carbocycles. The van der Waals surface area contributed by atoms with Crippen LogP contribution in [0.5, 0.6) is 0 Å². The molecule has 1 aromatic heterocycles. The minimum Gasteiger partial charge on any atom is -0.339 e. The molecule has 1 amide bonds. The first-order chi connectivity index (χ1) is 8.84. The van der Waals surface area contributed by atoms with Gasteiger partial charge in [0, 0.05) is 25.5 Å². The predicted molar refractivity (Wildman–Crippen MR) is 82.6 cm³/mol. The molecule has 5 nitrogen and oxygen atoms in total. The van der Waals surface area contributed by atoms with E-state index in [-0.39, 0.29) is 36.8 Å². The number of hydrogen-bond donors (Lipinski definition) is 1. The molecule has 7 heteroatoms. The Kier molecular flexibility index (Phi) is 6.79. The van der Waals surface area contributed by atoms with E-state index in [1.54, 1.807) is 6.20 Å². The van der Waals surface area contributed by atoms with Gasteiger partial charge in [-0.05, 0) is 38.3 Å². The van der Waals surface area contributed by atoms with Crippen LogP contribution in [0.3, 0.4) is 0 Å². The second-order valence-corrected chi connectivity index (χ2v) is 5.22. The van der Waals surface area contributed by atoms with Crippen LogP contribution >= 0.6 is 24.8 Å². The van der Waals surface area contributed by atoms with Gasteiger partial charge in [0.1, 0.15) is 0 Å².